The van der Waals surface area contributed by atoms with Gasteiger partial charge in [-0.1, -0.05) is 0 Å². The van der Waals surface area contributed by atoms with Crippen LogP contribution < -0.4 is 0 Å². The van der Waals surface area contributed by atoms with Crippen molar-refractivity contribution in [2.24, 2.45) is 0 Å². The van der Waals surface area contributed by atoms with Gasteiger partial charge >= 0.3 is 6.09 Å². The Balaban J connectivity index is 1.90. The molecule has 0 N–H and O–H groups in total. The maximum absolute atomic E-state index is 11.4. The molecule has 0 aliphatic rings. The largest absolute Gasteiger partial charge is 0.442 e. The molecule has 2 aromatic rings. The standard InChI is InChI=1S/C8H8IN4O2P/c9-16-13-3-1-7(11-13)5-15-8(14)12-4-2-10-6-12/h1-4,6,16H,5H2. The van der Waals surface area contributed by atoms with E-state index in [1.807, 2.05) is 12.3 Å². The van der Waals surface area contributed by atoms with E-state index in [0.29, 0.717) is 6.37 Å². The summed E-state index contributed by atoms with van der Waals surface area (Å²) in [5, 5.41) is 4.20. The lowest BCUT2D eigenvalue weighted by atomic mass is 10.5. The van der Waals surface area contributed by atoms with E-state index in [-0.39, 0.29) is 6.61 Å². The van der Waals surface area contributed by atoms with Gasteiger partial charge < -0.3 is 4.74 Å². The Bertz CT molecular complexity index is 470. The summed E-state index contributed by atoms with van der Waals surface area (Å²) in [5.41, 5.74) is 0.734. The van der Waals surface area contributed by atoms with Crippen LogP contribution in [-0.4, -0.2) is 25.2 Å². The van der Waals surface area contributed by atoms with Crippen molar-refractivity contribution in [2.75, 3.05) is 0 Å². The SMILES string of the molecule is O=C(OCc1ccn(PI)n1)n1ccnc1. The minimum Gasteiger partial charge on any atom is -0.442 e. The fraction of sp³-hybridized carbons (Fsp3) is 0.125. The Labute approximate surface area is 106 Å². The van der Waals surface area contributed by atoms with E-state index in [4.69, 9.17) is 4.74 Å². The number of rotatable bonds is 3. The zero-order chi connectivity index (χ0) is 11.4. The molecule has 0 spiro atoms. The first-order valence-electron chi connectivity index (χ1n) is 4.36. The number of carbonyl (C=O) groups excluding carboxylic acids is 1. The molecule has 1 unspecified atom stereocenters. The van der Waals surface area contributed by atoms with Crippen molar-refractivity contribution in [2.45, 2.75) is 6.61 Å². The van der Waals surface area contributed by atoms with Crippen LogP contribution in [0.4, 0.5) is 4.79 Å². The Kier molecular flexibility index (Phi) is 3.89. The lowest BCUT2D eigenvalue weighted by Gasteiger charge is -2.01. The van der Waals surface area contributed by atoms with Crippen LogP contribution in [-0.2, 0) is 11.3 Å². The van der Waals surface area contributed by atoms with Crippen LogP contribution in [0.3, 0.4) is 0 Å². The molecule has 16 heavy (non-hydrogen) atoms. The highest BCUT2D eigenvalue weighted by molar-refractivity contribution is 14.2. The molecule has 0 fully saturated rings. The van der Waals surface area contributed by atoms with Gasteiger partial charge in [0.2, 0.25) is 0 Å². The zero-order valence-electron chi connectivity index (χ0n) is 8.08. The van der Waals surface area contributed by atoms with E-state index in [0.717, 1.165) is 5.69 Å². The van der Waals surface area contributed by atoms with Crippen molar-refractivity contribution in [3.8, 4) is 0 Å². The molecule has 2 aromatic heterocycles. The molecule has 84 valence electrons. The molecular formula is C8H8IN4O2P. The number of ether oxygens (including phenoxy) is 1. The van der Waals surface area contributed by atoms with Crippen LogP contribution >= 0.6 is 28.4 Å². The summed E-state index contributed by atoms with van der Waals surface area (Å²) in [5.74, 6) is 0. The minimum atomic E-state index is -0.455. The average Bonchev–Trinajstić information content (AvgIpc) is 2.96. The van der Waals surface area contributed by atoms with Crippen LogP contribution in [0.15, 0.2) is 31.0 Å². The van der Waals surface area contributed by atoms with Gasteiger partial charge in [-0.25, -0.2) is 18.8 Å². The predicted octanol–water partition coefficient (Wildman–Crippen LogP) is 2.06. The van der Waals surface area contributed by atoms with E-state index in [1.54, 1.807) is 4.45 Å². The van der Waals surface area contributed by atoms with Gasteiger partial charge in [-0.05, 0) is 28.1 Å². The van der Waals surface area contributed by atoms with Gasteiger partial charge in [0.05, 0.1) is 6.37 Å². The summed E-state index contributed by atoms with van der Waals surface area (Å²) in [6.07, 6.45) is 6.40. The number of hydrogen-bond acceptors (Lipinski definition) is 4. The Morgan fingerprint density at radius 2 is 2.44 bits per heavy atom. The smallest absolute Gasteiger partial charge is 0.419 e. The quantitative estimate of drug-likeness (QED) is 0.628. The Morgan fingerprint density at radius 1 is 1.56 bits per heavy atom. The summed E-state index contributed by atoms with van der Waals surface area (Å²) in [6, 6.07) is 1.83. The van der Waals surface area contributed by atoms with E-state index in [9.17, 15) is 4.79 Å². The second-order valence-electron chi connectivity index (χ2n) is 2.86. The van der Waals surface area contributed by atoms with Crippen LogP contribution in [0.5, 0.6) is 0 Å². The molecule has 0 aromatic carbocycles. The molecule has 0 aliphatic heterocycles. The number of imidazole rings is 1. The second-order valence-corrected chi connectivity index (χ2v) is 4.94. The van der Waals surface area contributed by atoms with Gasteiger partial charge in [0.25, 0.3) is 0 Å². The van der Waals surface area contributed by atoms with E-state index >= 15 is 0 Å². The summed E-state index contributed by atoms with van der Waals surface area (Å²) in [7, 11) is 0. The zero-order valence-corrected chi connectivity index (χ0v) is 11.2. The van der Waals surface area contributed by atoms with E-state index < -0.39 is 6.09 Å². The highest BCUT2D eigenvalue weighted by Gasteiger charge is 2.06. The van der Waals surface area contributed by atoms with Gasteiger partial charge in [0, 0.05) is 18.6 Å². The topological polar surface area (TPSA) is 61.9 Å². The highest BCUT2D eigenvalue weighted by Crippen LogP contribution is 2.22. The Morgan fingerprint density at radius 3 is 3.06 bits per heavy atom. The van der Waals surface area contributed by atoms with Crippen molar-refractivity contribution in [1.29, 1.82) is 0 Å². The molecule has 2 rings (SSSR count). The predicted molar refractivity (Wildman–Crippen MR) is 67.8 cm³/mol. The summed E-state index contributed by atoms with van der Waals surface area (Å²) in [4.78, 5) is 15.2. The average molecular weight is 350 g/mol. The van der Waals surface area contributed by atoms with Gasteiger partial charge in [0.15, 0.2) is 0 Å². The molecule has 1 atom stereocenters. The fourth-order valence-electron chi connectivity index (χ4n) is 1.06. The van der Waals surface area contributed by atoms with Crippen molar-refractivity contribution in [3.05, 3.63) is 36.7 Å². The van der Waals surface area contributed by atoms with Gasteiger partial charge in [-0.3, -0.25) is 0 Å². The molecule has 8 heteroatoms. The molecule has 0 saturated carbocycles. The fourth-order valence-corrected chi connectivity index (χ4v) is 2.17. The maximum Gasteiger partial charge on any atom is 0.419 e. The first-order chi connectivity index (χ1) is 7.79. The maximum atomic E-state index is 11.4. The Hall–Kier alpha value is -0.950. The first kappa shape index (κ1) is 11.5. The number of halogens is 1. The van der Waals surface area contributed by atoms with Crippen molar-refractivity contribution < 1.29 is 9.53 Å². The normalized spacial score (nSPS) is 11.1. The van der Waals surface area contributed by atoms with Crippen molar-refractivity contribution in [3.63, 3.8) is 0 Å². The minimum absolute atomic E-state index is 0.172. The third kappa shape index (κ3) is 2.79. The van der Waals surface area contributed by atoms with Gasteiger partial charge in [0.1, 0.15) is 18.6 Å². The summed E-state index contributed by atoms with van der Waals surface area (Å²) in [6.45, 7) is 0.172. The van der Waals surface area contributed by atoms with Crippen LogP contribution in [0.25, 0.3) is 0 Å². The lowest BCUT2D eigenvalue weighted by molar-refractivity contribution is 0.139. The molecule has 0 bridgehead atoms. The molecule has 0 saturated heterocycles. The lowest BCUT2D eigenvalue weighted by Crippen LogP contribution is -2.11. The van der Waals surface area contributed by atoms with Gasteiger partial charge in [-0.15, -0.1) is 0 Å². The molecule has 2 heterocycles. The highest BCUT2D eigenvalue weighted by atomic mass is 127. The summed E-state index contributed by atoms with van der Waals surface area (Å²) >= 11 is 2.23. The summed E-state index contributed by atoms with van der Waals surface area (Å²) < 4.78 is 8.11. The monoisotopic (exact) mass is 350 g/mol. The first-order valence-corrected chi connectivity index (χ1v) is 8.42. The molecule has 0 radical (unpaired) electrons. The molecular weight excluding hydrogens is 342 g/mol. The second kappa shape index (κ2) is 5.40. The van der Waals surface area contributed by atoms with E-state index in [1.165, 1.54) is 23.3 Å². The molecule has 0 amide bonds. The third-order valence-electron chi connectivity index (χ3n) is 1.79. The van der Waals surface area contributed by atoms with Crippen LogP contribution in [0.1, 0.15) is 5.69 Å². The van der Waals surface area contributed by atoms with Crippen LogP contribution in [0.2, 0.25) is 0 Å². The number of hydrogen-bond donors (Lipinski definition) is 0. The van der Waals surface area contributed by atoms with Gasteiger partial charge in [-0.2, -0.15) is 5.10 Å². The van der Waals surface area contributed by atoms with E-state index in [2.05, 4.69) is 32.1 Å². The number of aromatic nitrogens is 4. The van der Waals surface area contributed by atoms with Crippen molar-refractivity contribution >= 4 is 34.5 Å². The number of carbonyl (C=O) groups is 1. The van der Waals surface area contributed by atoms with Crippen LogP contribution in [0, 0.1) is 0 Å². The third-order valence-corrected chi connectivity index (χ3v) is 3.69. The number of nitrogens with zero attached hydrogens (tertiary/aromatic N) is 4. The van der Waals surface area contributed by atoms with Crippen molar-refractivity contribution in [1.82, 2.24) is 19.1 Å². The molecule has 6 nitrogen and oxygen atoms in total. The molecule has 0 aliphatic carbocycles.